The molecule has 2 bridgehead atoms. The summed E-state index contributed by atoms with van der Waals surface area (Å²) >= 11 is 0. The molecular weight excluding hydrogens is 184 g/mol. The second-order valence-corrected chi connectivity index (χ2v) is 5.64. The third-order valence-electron chi connectivity index (χ3n) is 4.50. The monoisotopic (exact) mass is 206 g/mol. The van der Waals surface area contributed by atoms with Crippen LogP contribution in [0.3, 0.4) is 0 Å². The summed E-state index contributed by atoms with van der Waals surface area (Å²) in [7, 11) is 2.23. The van der Waals surface area contributed by atoms with Crippen molar-refractivity contribution in [1.29, 1.82) is 0 Å². The Morgan fingerprint density at radius 2 is 1.87 bits per heavy atom. The second-order valence-electron chi connectivity index (χ2n) is 5.64. The fourth-order valence-electron chi connectivity index (χ4n) is 3.47. The topological polar surface area (TPSA) is 6.48 Å². The summed E-state index contributed by atoms with van der Waals surface area (Å²) in [5, 5.41) is 0. The first kappa shape index (κ1) is 9.86. The lowest BCUT2D eigenvalue weighted by molar-refractivity contribution is 0.130. The van der Waals surface area contributed by atoms with Gasteiger partial charge in [-0.1, -0.05) is 12.2 Å². The Kier molecular flexibility index (Phi) is 2.57. The number of piperazine rings is 1. The Labute approximate surface area is 92.9 Å². The van der Waals surface area contributed by atoms with Gasteiger partial charge in [0, 0.05) is 32.7 Å². The highest BCUT2D eigenvalue weighted by molar-refractivity contribution is 5.10. The van der Waals surface area contributed by atoms with Crippen molar-refractivity contribution in [3.8, 4) is 0 Å². The zero-order valence-corrected chi connectivity index (χ0v) is 9.73. The third-order valence-corrected chi connectivity index (χ3v) is 4.50. The molecular formula is C13H22N2. The smallest absolute Gasteiger partial charge is 0.0110 e. The number of nitrogens with zero attached hydrogens (tertiary/aromatic N) is 2. The lowest BCUT2D eigenvalue weighted by Crippen LogP contribution is -2.46. The molecule has 0 N–H and O–H groups in total. The summed E-state index contributed by atoms with van der Waals surface area (Å²) < 4.78 is 0. The van der Waals surface area contributed by atoms with Crippen LogP contribution in [0.4, 0.5) is 0 Å². The van der Waals surface area contributed by atoms with E-state index in [-0.39, 0.29) is 0 Å². The maximum absolute atomic E-state index is 2.68. The van der Waals surface area contributed by atoms with E-state index in [1.54, 1.807) is 0 Å². The molecule has 0 aromatic rings. The van der Waals surface area contributed by atoms with Crippen LogP contribution in [0.5, 0.6) is 0 Å². The highest BCUT2D eigenvalue weighted by Crippen LogP contribution is 2.43. The van der Waals surface area contributed by atoms with Gasteiger partial charge in [0.2, 0.25) is 0 Å². The van der Waals surface area contributed by atoms with Gasteiger partial charge in [-0.3, -0.25) is 0 Å². The molecule has 1 aliphatic heterocycles. The molecule has 2 aliphatic carbocycles. The summed E-state index contributed by atoms with van der Waals surface area (Å²) in [6.45, 7) is 6.45. The fourth-order valence-corrected chi connectivity index (χ4v) is 3.47. The summed E-state index contributed by atoms with van der Waals surface area (Å²) in [5.74, 6) is 2.84. The van der Waals surface area contributed by atoms with Gasteiger partial charge in [-0.25, -0.2) is 0 Å². The summed E-state index contributed by atoms with van der Waals surface area (Å²) in [4.78, 5) is 5.12. The lowest BCUT2D eigenvalue weighted by atomic mass is 9.93. The van der Waals surface area contributed by atoms with E-state index >= 15 is 0 Å². The molecule has 0 radical (unpaired) electrons. The molecule has 0 amide bonds. The van der Waals surface area contributed by atoms with Crippen molar-refractivity contribution in [2.45, 2.75) is 12.8 Å². The van der Waals surface area contributed by atoms with Crippen molar-refractivity contribution in [3.05, 3.63) is 12.2 Å². The van der Waals surface area contributed by atoms with Crippen molar-refractivity contribution in [1.82, 2.24) is 9.80 Å². The normalized spacial score (nSPS) is 41.5. The standard InChI is InChI=1S/C13H22N2/c1-14-4-6-15(7-5-14)10-13-9-11-2-3-12(13)8-11/h2-3,11-13H,4-10H2,1H3/t11-,12+,13+/m1/s1. The van der Waals surface area contributed by atoms with E-state index in [9.17, 15) is 0 Å². The van der Waals surface area contributed by atoms with Crippen molar-refractivity contribution < 1.29 is 0 Å². The zero-order chi connectivity index (χ0) is 10.3. The molecule has 3 rings (SSSR count). The van der Waals surface area contributed by atoms with E-state index in [1.165, 1.54) is 45.6 Å². The summed E-state index contributed by atoms with van der Waals surface area (Å²) in [6.07, 6.45) is 7.85. The molecule has 1 heterocycles. The van der Waals surface area contributed by atoms with E-state index in [2.05, 4.69) is 29.0 Å². The number of fused-ring (bicyclic) bond motifs is 2. The average molecular weight is 206 g/mol. The van der Waals surface area contributed by atoms with Crippen molar-refractivity contribution in [3.63, 3.8) is 0 Å². The van der Waals surface area contributed by atoms with Crippen molar-refractivity contribution >= 4 is 0 Å². The van der Waals surface area contributed by atoms with Crippen LogP contribution in [0.2, 0.25) is 0 Å². The fraction of sp³-hybridized carbons (Fsp3) is 0.846. The van der Waals surface area contributed by atoms with Gasteiger partial charge in [0.05, 0.1) is 0 Å². The predicted molar refractivity (Wildman–Crippen MR) is 62.8 cm³/mol. The zero-order valence-electron chi connectivity index (χ0n) is 9.73. The van der Waals surface area contributed by atoms with Gasteiger partial charge in [-0.15, -0.1) is 0 Å². The summed E-state index contributed by atoms with van der Waals surface area (Å²) in [6, 6.07) is 0. The predicted octanol–water partition coefficient (Wildman–Crippen LogP) is 1.45. The van der Waals surface area contributed by atoms with Crippen LogP contribution in [-0.2, 0) is 0 Å². The van der Waals surface area contributed by atoms with E-state index in [1.807, 2.05) is 0 Å². The lowest BCUT2D eigenvalue weighted by Gasteiger charge is -2.35. The minimum atomic E-state index is 0.926. The minimum absolute atomic E-state index is 0.926. The molecule has 0 spiro atoms. The molecule has 2 fully saturated rings. The Morgan fingerprint density at radius 1 is 1.07 bits per heavy atom. The van der Waals surface area contributed by atoms with Crippen LogP contribution in [0.25, 0.3) is 0 Å². The molecule has 2 nitrogen and oxygen atoms in total. The Bertz CT molecular complexity index is 253. The highest BCUT2D eigenvalue weighted by atomic mass is 15.2. The molecule has 15 heavy (non-hydrogen) atoms. The Morgan fingerprint density at radius 3 is 2.47 bits per heavy atom. The van der Waals surface area contributed by atoms with E-state index in [0.717, 1.165) is 17.8 Å². The quantitative estimate of drug-likeness (QED) is 0.631. The largest absolute Gasteiger partial charge is 0.304 e. The molecule has 0 aromatic carbocycles. The first-order chi connectivity index (χ1) is 7.31. The van der Waals surface area contributed by atoms with Gasteiger partial charge in [0.1, 0.15) is 0 Å². The maximum atomic E-state index is 2.68. The molecule has 0 unspecified atom stereocenters. The maximum Gasteiger partial charge on any atom is 0.0110 e. The van der Waals surface area contributed by atoms with Gasteiger partial charge in [0.25, 0.3) is 0 Å². The van der Waals surface area contributed by atoms with Crippen LogP contribution in [0, 0.1) is 17.8 Å². The van der Waals surface area contributed by atoms with Gasteiger partial charge in [-0.05, 0) is 37.6 Å². The molecule has 3 aliphatic rings. The first-order valence-corrected chi connectivity index (χ1v) is 6.40. The third kappa shape index (κ3) is 1.98. The van der Waals surface area contributed by atoms with Gasteiger partial charge in [-0.2, -0.15) is 0 Å². The van der Waals surface area contributed by atoms with Gasteiger partial charge < -0.3 is 9.80 Å². The van der Waals surface area contributed by atoms with Crippen LogP contribution in [0.1, 0.15) is 12.8 Å². The average Bonchev–Trinajstić information content (AvgIpc) is 2.83. The molecule has 84 valence electrons. The van der Waals surface area contributed by atoms with E-state index in [0.29, 0.717) is 0 Å². The van der Waals surface area contributed by atoms with Crippen LogP contribution < -0.4 is 0 Å². The van der Waals surface area contributed by atoms with Gasteiger partial charge >= 0.3 is 0 Å². The number of allylic oxidation sites excluding steroid dienone is 2. The Hall–Kier alpha value is -0.340. The number of hydrogen-bond acceptors (Lipinski definition) is 2. The minimum Gasteiger partial charge on any atom is -0.304 e. The number of hydrogen-bond donors (Lipinski definition) is 0. The van der Waals surface area contributed by atoms with E-state index < -0.39 is 0 Å². The second kappa shape index (κ2) is 3.91. The molecule has 2 heteroatoms. The summed E-state index contributed by atoms with van der Waals surface area (Å²) in [5.41, 5.74) is 0. The molecule has 0 aromatic heterocycles. The van der Waals surface area contributed by atoms with Crippen molar-refractivity contribution in [2.75, 3.05) is 39.8 Å². The van der Waals surface area contributed by atoms with Crippen LogP contribution in [-0.4, -0.2) is 49.6 Å². The Balaban J connectivity index is 1.51. The van der Waals surface area contributed by atoms with Gasteiger partial charge in [0.15, 0.2) is 0 Å². The number of likely N-dealkylation sites (N-methyl/N-ethyl adjacent to an activating group) is 1. The SMILES string of the molecule is CN1CCN(C[C@@H]2C[C@@H]3C=C[C@H]2C3)CC1. The molecule has 1 saturated heterocycles. The van der Waals surface area contributed by atoms with Crippen LogP contribution >= 0.6 is 0 Å². The van der Waals surface area contributed by atoms with Crippen LogP contribution in [0.15, 0.2) is 12.2 Å². The number of rotatable bonds is 2. The molecule has 3 atom stereocenters. The van der Waals surface area contributed by atoms with Crippen molar-refractivity contribution in [2.24, 2.45) is 17.8 Å². The first-order valence-electron chi connectivity index (χ1n) is 6.40. The molecule has 1 saturated carbocycles. The highest BCUT2D eigenvalue weighted by Gasteiger charge is 2.36. The van der Waals surface area contributed by atoms with E-state index in [4.69, 9.17) is 0 Å².